The maximum Gasteiger partial charge on any atom is 0.181 e. The highest BCUT2D eigenvalue weighted by Crippen LogP contribution is 2.38. The zero-order chi connectivity index (χ0) is 28.1. The number of aromatic amines is 1. The predicted molar refractivity (Wildman–Crippen MR) is 166 cm³/mol. The Morgan fingerprint density at radius 2 is 1.61 bits per heavy atom. The fourth-order valence-electron chi connectivity index (χ4n) is 7.19. The molecule has 208 valence electrons. The van der Waals surface area contributed by atoms with Crippen LogP contribution < -0.4 is 0 Å². The van der Waals surface area contributed by atoms with Gasteiger partial charge < -0.3 is 0 Å². The van der Waals surface area contributed by atoms with Crippen molar-refractivity contribution in [3.8, 4) is 33.6 Å². The molecular weight excluding hydrogens is 504 g/mol. The highest BCUT2D eigenvalue weighted by Gasteiger charge is 2.38. The van der Waals surface area contributed by atoms with E-state index in [1.54, 1.807) is 0 Å². The average Bonchev–Trinajstić information content (AvgIpc) is 3.57. The lowest BCUT2D eigenvalue weighted by Gasteiger charge is -2.41. The van der Waals surface area contributed by atoms with E-state index < -0.39 is 0 Å². The number of hydrogen-bond acceptors (Lipinski definition) is 5. The molecule has 1 N–H and O–H groups in total. The first-order valence-corrected chi connectivity index (χ1v) is 15.0. The minimum Gasteiger partial charge on any atom is -0.295 e. The summed E-state index contributed by atoms with van der Waals surface area (Å²) in [6.45, 7) is 10.1. The number of aromatic nitrogens is 5. The van der Waals surface area contributed by atoms with Crippen LogP contribution in [0.15, 0.2) is 60.9 Å². The van der Waals surface area contributed by atoms with E-state index >= 15 is 0 Å². The Kier molecular flexibility index (Phi) is 6.46. The molecule has 41 heavy (non-hydrogen) atoms. The second kappa shape index (κ2) is 10.2. The minimum atomic E-state index is 0.293. The van der Waals surface area contributed by atoms with Crippen LogP contribution in [0.25, 0.3) is 44.7 Å². The Bertz CT molecular complexity index is 1740. The van der Waals surface area contributed by atoms with Crippen LogP contribution in [-0.4, -0.2) is 48.2 Å². The van der Waals surface area contributed by atoms with Crippen molar-refractivity contribution in [3.05, 3.63) is 83.4 Å². The van der Waals surface area contributed by atoms with Gasteiger partial charge in [-0.25, -0.2) is 4.98 Å². The van der Waals surface area contributed by atoms with E-state index in [2.05, 4.69) is 87.4 Å². The van der Waals surface area contributed by atoms with Crippen molar-refractivity contribution in [3.63, 3.8) is 0 Å². The summed E-state index contributed by atoms with van der Waals surface area (Å²) in [5, 5.41) is 8.79. The maximum atomic E-state index is 4.74. The summed E-state index contributed by atoms with van der Waals surface area (Å²) >= 11 is 0. The number of aryl methyl sites for hydroxylation is 4. The Labute approximate surface area is 242 Å². The smallest absolute Gasteiger partial charge is 0.181 e. The summed E-state index contributed by atoms with van der Waals surface area (Å²) in [5.74, 6) is 0. The van der Waals surface area contributed by atoms with Crippen LogP contribution in [0.1, 0.15) is 62.0 Å². The summed E-state index contributed by atoms with van der Waals surface area (Å²) in [6.07, 6.45) is 11.2. The number of benzene rings is 2. The zero-order valence-corrected chi connectivity index (χ0v) is 24.5. The number of fused-ring (bicyclic) bond motifs is 2. The Balaban J connectivity index is 1.17. The van der Waals surface area contributed by atoms with Crippen LogP contribution in [-0.2, 0) is 12.8 Å². The lowest BCUT2D eigenvalue weighted by Crippen LogP contribution is -2.48. The molecule has 5 aromatic rings. The Morgan fingerprint density at radius 1 is 0.854 bits per heavy atom. The first-order valence-electron chi connectivity index (χ1n) is 15.0. The molecule has 2 aromatic carbocycles. The third-order valence-electron chi connectivity index (χ3n) is 9.58. The molecule has 2 atom stereocenters. The van der Waals surface area contributed by atoms with Crippen molar-refractivity contribution < 1.29 is 0 Å². The van der Waals surface area contributed by atoms with Gasteiger partial charge in [0.15, 0.2) is 5.65 Å². The standard InChI is InChI=1S/C35H38N6/c1-22-20-36-32(24(3)38-22)26-8-10-27(11-9-26)33-31-19-30(21-37-34(31)40-39-33)28-12-7-25-13-15-35(4,16-14-29(25)18-28)41-17-5-6-23(41)2/h7-12,18-21,23H,5-6,13-17H2,1-4H3,(H,37,39,40)/t23-,35+/m1/s1. The molecule has 0 spiro atoms. The minimum absolute atomic E-state index is 0.293. The number of pyridine rings is 1. The zero-order valence-electron chi connectivity index (χ0n) is 24.5. The van der Waals surface area contributed by atoms with Crippen molar-refractivity contribution >= 4 is 11.0 Å². The van der Waals surface area contributed by atoms with Crippen molar-refractivity contribution in [2.45, 2.75) is 77.8 Å². The first-order chi connectivity index (χ1) is 19.9. The van der Waals surface area contributed by atoms with Gasteiger partial charge in [-0.15, -0.1) is 0 Å². The summed E-state index contributed by atoms with van der Waals surface area (Å²) < 4.78 is 0. The van der Waals surface area contributed by atoms with Gasteiger partial charge in [0.1, 0.15) is 0 Å². The molecule has 7 rings (SSSR count). The van der Waals surface area contributed by atoms with Gasteiger partial charge in [0.05, 0.1) is 22.8 Å². The fourth-order valence-corrected chi connectivity index (χ4v) is 7.19. The molecule has 4 heterocycles. The molecular formula is C35H38N6. The van der Waals surface area contributed by atoms with E-state index in [0.29, 0.717) is 11.6 Å². The molecule has 0 saturated carbocycles. The molecule has 6 nitrogen and oxygen atoms in total. The quantitative estimate of drug-likeness (QED) is 0.238. The molecule has 0 unspecified atom stereocenters. The monoisotopic (exact) mass is 542 g/mol. The van der Waals surface area contributed by atoms with Crippen LogP contribution in [0.3, 0.4) is 0 Å². The highest BCUT2D eigenvalue weighted by molar-refractivity contribution is 5.93. The molecule has 2 aliphatic rings. The van der Waals surface area contributed by atoms with Crippen LogP contribution >= 0.6 is 0 Å². The molecule has 0 bridgehead atoms. The number of nitrogens with one attached hydrogen (secondary N) is 1. The molecule has 1 saturated heterocycles. The van der Waals surface area contributed by atoms with Crippen molar-refractivity contribution in [2.24, 2.45) is 0 Å². The lowest BCUT2D eigenvalue weighted by molar-refractivity contribution is 0.0821. The van der Waals surface area contributed by atoms with Crippen LogP contribution in [0.2, 0.25) is 0 Å². The Morgan fingerprint density at radius 3 is 2.37 bits per heavy atom. The van der Waals surface area contributed by atoms with Crippen molar-refractivity contribution in [2.75, 3.05) is 6.54 Å². The van der Waals surface area contributed by atoms with Gasteiger partial charge >= 0.3 is 0 Å². The third-order valence-corrected chi connectivity index (χ3v) is 9.58. The van der Waals surface area contributed by atoms with E-state index in [-0.39, 0.29) is 0 Å². The van der Waals surface area contributed by atoms with Gasteiger partial charge in [-0.1, -0.05) is 42.5 Å². The molecule has 3 aromatic heterocycles. The van der Waals surface area contributed by atoms with Crippen LogP contribution in [0, 0.1) is 13.8 Å². The molecule has 1 aliphatic carbocycles. The largest absolute Gasteiger partial charge is 0.295 e. The van der Waals surface area contributed by atoms with E-state index in [1.807, 2.05) is 26.2 Å². The molecule has 0 amide bonds. The number of H-pyrrole nitrogens is 1. The van der Waals surface area contributed by atoms with Crippen LogP contribution in [0.4, 0.5) is 0 Å². The fraction of sp³-hybridized carbons (Fsp3) is 0.371. The number of nitrogens with zero attached hydrogens (tertiary/aromatic N) is 5. The van der Waals surface area contributed by atoms with Gasteiger partial charge in [0, 0.05) is 46.1 Å². The van der Waals surface area contributed by atoms with Gasteiger partial charge in [-0.2, -0.15) is 5.10 Å². The predicted octanol–water partition coefficient (Wildman–Crippen LogP) is 7.49. The Hall–Kier alpha value is -3.90. The molecule has 1 aliphatic heterocycles. The van der Waals surface area contributed by atoms with Gasteiger partial charge in [-0.05, 0) is 95.5 Å². The van der Waals surface area contributed by atoms with Gasteiger partial charge in [-0.3, -0.25) is 20.0 Å². The third kappa shape index (κ3) is 4.74. The average molecular weight is 543 g/mol. The second-order valence-electron chi connectivity index (χ2n) is 12.4. The van der Waals surface area contributed by atoms with Gasteiger partial charge in [0.25, 0.3) is 0 Å². The topological polar surface area (TPSA) is 70.6 Å². The van der Waals surface area contributed by atoms with E-state index in [9.17, 15) is 0 Å². The number of hydrogen-bond donors (Lipinski definition) is 1. The van der Waals surface area contributed by atoms with Crippen molar-refractivity contribution in [1.82, 2.24) is 30.0 Å². The van der Waals surface area contributed by atoms with Crippen molar-refractivity contribution in [1.29, 1.82) is 0 Å². The van der Waals surface area contributed by atoms with E-state index in [1.165, 1.54) is 48.9 Å². The molecule has 6 heteroatoms. The summed E-state index contributed by atoms with van der Waals surface area (Å²) in [5.41, 5.74) is 12.3. The van der Waals surface area contributed by atoms with Crippen LogP contribution in [0.5, 0.6) is 0 Å². The first kappa shape index (κ1) is 26.0. The summed E-state index contributed by atoms with van der Waals surface area (Å²) in [6, 6.07) is 18.4. The second-order valence-corrected chi connectivity index (χ2v) is 12.4. The number of likely N-dealkylation sites (tertiary alicyclic amines) is 1. The summed E-state index contributed by atoms with van der Waals surface area (Å²) in [4.78, 5) is 16.7. The van der Waals surface area contributed by atoms with E-state index in [0.717, 1.165) is 63.3 Å². The highest BCUT2D eigenvalue weighted by atomic mass is 15.2. The summed E-state index contributed by atoms with van der Waals surface area (Å²) in [7, 11) is 0. The number of rotatable bonds is 4. The molecule has 1 fully saturated rings. The van der Waals surface area contributed by atoms with E-state index in [4.69, 9.17) is 4.98 Å². The molecule has 0 radical (unpaired) electrons. The lowest BCUT2D eigenvalue weighted by atomic mass is 9.89. The SMILES string of the molecule is Cc1cnc(-c2ccc(-c3[nH]nc4ncc(-c5ccc6c(c5)CC[C@@](C)(N5CCC[C@H]5C)CC6)cc34)cc2)c(C)n1. The normalized spacial score (nSPS) is 21.2. The van der Waals surface area contributed by atoms with Gasteiger partial charge in [0.2, 0.25) is 0 Å². The maximum absolute atomic E-state index is 4.74.